The van der Waals surface area contributed by atoms with Crippen LogP contribution in [-0.4, -0.2) is 38.1 Å². The predicted octanol–water partition coefficient (Wildman–Crippen LogP) is 4.85. The molecule has 194 valence electrons. The first kappa shape index (κ1) is 28.0. The zero-order valence-corrected chi connectivity index (χ0v) is 21.7. The Hall–Kier alpha value is -3.61. The van der Waals surface area contributed by atoms with Crippen LogP contribution in [0.4, 0.5) is 8.78 Å². The van der Waals surface area contributed by atoms with E-state index < -0.39 is 39.5 Å². The van der Waals surface area contributed by atoms with E-state index in [-0.39, 0.29) is 22.9 Å². The number of carbonyl (C=O) groups excluding carboxylic acids is 1. The number of hydrogen-bond donors (Lipinski definition) is 1. The Kier molecular flexibility index (Phi) is 8.79. The maximum atomic E-state index is 15.1. The number of amides is 1. The summed E-state index contributed by atoms with van der Waals surface area (Å²) >= 11 is 0. The highest BCUT2D eigenvalue weighted by atomic mass is 32.2. The van der Waals surface area contributed by atoms with Crippen molar-refractivity contribution in [1.82, 2.24) is 4.90 Å². The molecule has 2 N–H and O–H groups in total. The van der Waals surface area contributed by atoms with Crippen molar-refractivity contribution in [3.05, 3.63) is 89.5 Å². The topological polar surface area (TPSA) is 104 Å². The average molecular weight is 526 g/mol. The van der Waals surface area contributed by atoms with Gasteiger partial charge in [-0.3, -0.25) is 9.69 Å². The minimum Gasteiger partial charge on any atom is -0.368 e. The van der Waals surface area contributed by atoms with E-state index in [4.69, 9.17) is 5.73 Å². The van der Waals surface area contributed by atoms with Gasteiger partial charge in [0.05, 0.1) is 29.6 Å². The molecule has 0 aromatic heterocycles. The summed E-state index contributed by atoms with van der Waals surface area (Å²) in [7, 11) is -3.33. The summed E-state index contributed by atoms with van der Waals surface area (Å²) in [5, 5.41) is 9.59. The first-order valence-electron chi connectivity index (χ1n) is 11.7. The molecule has 0 bridgehead atoms. The van der Waals surface area contributed by atoms with E-state index in [0.717, 1.165) is 29.5 Å². The fourth-order valence-electron chi connectivity index (χ4n) is 4.35. The van der Waals surface area contributed by atoms with Crippen molar-refractivity contribution >= 4 is 15.7 Å². The largest absolute Gasteiger partial charge is 0.368 e. The molecule has 3 aromatic carbocycles. The van der Waals surface area contributed by atoms with E-state index in [9.17, 15) is 22.9 Å². The monoisotopic (exact) mass is 525 g/mol. The number of hydrogen-bond acceptors (Lipinski definition) is 5. The first-order valence-corrected chi connectivity index (χ1v) is 13.6. The predicted molar refractivity (Wildman–Crippen MR) is 138 cm³/mol. The number of nitrogens with two attached hydrogens (primary N) is 1. The van der Waals surface area contributed by atoms with Gasteiger partial charge in [0.1, 0.15) is 11.6 Å². The van der Waals surface area contributed by atoms with Crippen LogP contribution in [0.3, 0.4) is 0 Å². The zero-order chi connectivity index (χ0) is 27.3. The van der Waals surface area contributed by atoms with E-state index in [2.05, 4.69) is 6.07 Å². The minimum absolute atomic E-state index is 0.0645. The van der Waals surface area contributed by atoms with Crippen molar-refractivity contribution in [2.24, 2.45) is 11.7 Å². The second-order valence-electron chi connectivity index (χ2n) is 9.37. The van der Waals surface area contributed by atoms with E-state index in [1.807, 2.05) is 13.8 Å². The van der Waals surface area contributed by atoms with Crippen LogP contribution in [0.25, 0.3) is 11.1 Å². The molecule has 6 nitrogen and oxygen atoms in total. The van der Waals surface area contributed by atoms with Crippen LogP contribution in [0.2, 0.25) is 0 Å². The van der Waals surface area contributed by atoms with E-state index in [1.165, 1.54) is 18.2 Å². The summed E-state index contributed by atoms with van der Waals surface area (Å²) in [5.74, 6) is -2.12. The second-order valence-corrected chi connectivity index (χ2v) is 11.4. The van der Waals surface area contributed by atoms with E-state index in [0.29, 0.717) is 12.0 Å². The van der Waals surface area contributed by atoms with Gasteiger partial charge in [-0.05, 0) is 47.2 Å². The Morgan fingerprint density at radius 2 is 1.57 bits per heavy atom. The van der Waals surface area contributed by atoms with Crippen LogP contribution < -0.4 is 5.73 Å². The minimum atomic E-state index is -3.33. The number of halogens is 2. The molecule has 0 aliphatic carbocycles. The van der Waals surface area contributed by atoms with Crippen LogP contribution in [0.1, 0.15) is 37.4 Å². The highest BCUT2D eigenvalue weighted by Crippen LogP contribution is 2.35. The summed E-state index contributed by atoms with van der Waals surface area (Å²) in [6.45, 7) is 3.62. The molecule has 3 rings (SSSR count). The van der Waals surface area contributed by atoms with E-state index >= 15 is 4.39 Å². The number of benzene rings is 3. The number of carbonyl (C=O) groups is 1. The van der Waals surface area contributed by atoms with Crippen molar-refractivity contribution in [2.75, 3.05) is 12.8 Å². The maximum Gasteiger partial charge on any atom is 0.234 e. The van der Waals surface area contributed by atoms with Crippen LogP contribution in [0.15, 0.2) is 71.6 Å². The molecule has 0 unspecified atom stereocenters. The van der Waals surface area contributed by atoms with Gasteiger partial charge in [-0.2, -0.15) is 5.26 Å². The molecule has 3 aromatic rings. The normalized spacial score (nSPS) is 13.4. The fraction of sp³-hybridized carbons (Fsp3) is 0.286. The third-order valence-electron chi connectivity index (χ3n) is 6.11. The average Bonchev–Trinajstić information content (AvgIpc) is 2.83. The molecule has 0 saturated heterocycles. The Bertz CT molecular complexity index is 1400. The summed E-state index contributed by atoms with van der Waals surface area (Å²) in [6.07, 6.45) is 1.48. The molecule has 0 radical (unpaired) electrons. The summed E-state index contributed by atoms with van der Waals surface area (Å²) in [5.41, 5.74) is 7.96. The lowest BCUT2D eigenvalue weighted by Gasteiger charge is -2.36. The molecule has 9 heteroatoms. The fourth-order valence-corrected chi connectivity index (χ4v) is 4.98. The number of nitriles is 1. The molecular formula is C28H29F2N3O3S. The SMILES string of the molecule is CC(C)C[C@@H](C(N)=O)N(CC#N)[C@@H](c1ccc(-c2ccc(S(C)(=O)=O)cc2)cc1)c1ccc(F)cc1F. The van der Waals surface area contributed by atoms with Gasteiger partial charge in [0.2, 0.25) is 5.91 Å². The van der Waals surface area contributed by atoms with Crippen molar-refractivity contribution in [3.63, 3.8) is 0 Å². The Morgan fingerprint density at radius 1 is 1.00 bits per heavy atom. The summed E-state index contributed by atoms with van der Waals surface area (Å²) < 4.78 is 52.3. The standard InChI is InChI=1S/C28H29F2N3O3S/c1-18(2)16-26(28(32)34)33(15-14-31)27(24-13-10-22(29)17-25(24)30)21-6-4-19(5-7-21)20-8-11-23(12-9-20)37(3,35)36/h4-13,17-18,26-27H,15-16H2,1-3H3,(H2,32,34)/t26-,27-/m0/s1. The molecule has 0 aliphatic rings. The Morgan fingerprint density at radius 3 is 2.03 bits per heavy atom. The van der Waals surface area contributed by atoms with Gasteiger partial charge in [-0.15, -0.1) is 0 Å². The third kappa shape index (κ3) is 6.79. The second kappa shape index (κ2) is 11.6. The molecule has 0 aliphatic heterocycles. The van der Waals surface area contributed by atoms with Gasteiger partial charge >= 0.3 is 0 Å². The first-order chi connectivity index (χ1) is 17.4. The van der Waals surface area contributed by atoms with Gasteiger partial charge < -0.3 is 5.73 Å². The molecule has 1 amide bonds. The van der Waals surface area contributed by atoms with Crippen molar-refractivity contribution in [1.29, 1.82) is 5.26 Å². The van der Waals surface area contributed by atoms with E-state index in [1.54, 1.807) is 41.3 Å². The molecule has 37 heavy (non-hydrogen) atoms. The number of primary amides is 1. The number of sulfone groups is 1. The van der Waals surface area contributed by atoms with Crippen molar-refractivity contribution in [3.8, 4) is 17.2 Å². The molecule has 0 fully saturated rings. The third-order valence-corrected chi connectivity index (χ3v) is 7.24. The summed E-state index contributed by atoms with van der Waals surface area (Å²) in [4.78, 5) is 14.2. The highest BCUT2D eigenvalue weighted by Gasteiger charge is 2.34. The summed E-state index contributed by atoms with van der Waals surface area (Å²) in [6, 6.07) is 17.0. The zero-order valence-electron chi connectivity index (χ0n) is 20.9. The van der Waals surface area contributed by atoms with Crippen molar-refractivity contribution < 1.29 is 22.0 Å². The van der Waals surface area contributed by atoms with Gasteiger partial charge in [-0.25, -0.2) is 17.2 Å². The van der Waals surface area contributed by atoms with Gasteiger partial charge in [0.25, 0.3) is 0 Å². The van der Waals surface area contributed by atoms with Gasteiger partial charge in [-0.1, -0.05) is 56.3 Å². The lowest BCUT2D eigenvalue weighted by Crippen LogP contribution is -2.48. The quantitative estimate of drug-likeness (QED) is 0.381. The van der Waals surface area contributed by atoms with Crippen LogP contribution in [0.5, 0.6) is 0 Å². The number of rotatable bonds is 10. The highest BCUT2D eigenvalue weighted by molar-refractivity contribution is 7.90. The lowest BCUT2D eigenvalue weighted by atomic mass is 9.91. The van der Waals surface area contributed by atoms with Gasteiger partial charge in [0, 0.05) is 17.9 Å². The molecule has 2 atom stereocenters. The van der Waals surface area contributed by atoms with Crippen molar-refractivity contribution in [2.45, 2.75) is 37.2 Å². The molecule has 0 saturated carbocycles. The number of nitrogens with zero attached hydrogens (tertiary/aromatic N) is 2. The molecule has 0 heterocycles. The van der Waals surface area contributed by atoms with Crippen LogP contribution in [-0.2, 0) is 14.6 Å². The molecule has 0 spiro atoms. The Balaban J connectivity index is 2.11. The van der Waals surface area contributed by atoms with Crippen LogP contribution >= 0.6 is 0 Å². The smallest absolute Gasteiger partial charge is 0.234 e. The van der Waals surface area contributed by atoms with Gasteiger partial charge in [0.15, 0.2) is 9.84 Å². The molecular weight excluding hydrogens is 496 g/mol. The Labute approximate surface area is 216 Å². The maximum absolute atomic E-state index is 15.1. The lowest BCUT2D eigenvalue weighted by molar-refractivity contribution is -0.124. The van der Waals surface area contributed by atoms with Crippen LogP contribution in [0, 0.1) is 28.9 Å².